The van der Waals surface area contributed by atoms with E-state index in [0.29, 0.717) is 24.9 Å². The first-order chi connectivity index (χ1) is 13.5. The first-order valence-electron chi connectivity index (χ1n) is 9.58. The molecule has 3 aromatic rings. The Bertz CT molecular complexity index is 1050. The fourth-order valence-corrected chi connectivity index (χ4v) is 4.55. The van der Waals surface area contributed by atoms with Crippen molar-refractivity contribution >= 4 is 27.5 Å². The predicted octanol–water partition coefficient (Wildman–Crippen LogP) is 2.64. The van der Waals surface area contributed by atoms with E-state index in [0.717, 1.165) is 29.0 Å². The van der Waals surface area contributed by atoms with Gasteiger partial charge in [0.05, 0.1) is 11.7 Å². The summed E-state index contributed by atoms with van der Waals surface area (Å²) >= 11 is 1.48. The molecule has 1 aliphatic heterocycles. The fraction of sp³-hybridized carbons (Fsp3) is 0.381. The van der Waals surface area contributed by atoms with Gasteiger partial charge in [0, 0.05) is 49.6 Å². The molecular weight excluding hydrogens is 372 g/mol. The molecule has 1 amide bonds. The summed E-state index contributed by atoms with van der Waals surface area (Å²) in [5, 5.41) is 5.91. The van der Waals surface area contributed by atoms with Crippen LogP contribution in [-0.4, -0.2) is 46.0 Å². The zero-order valence-electron chi connectivity index (χ0n) is 16.1. The lowest BCUT2D eigenvalue weighted by Gasteiger charge is -2.34. The summed E-state index contributed by atoms with van der Waals surface area (Å²) in [6.45, 7) is 6.78. The summed E-state index contributed by atoms with van der Waals surface area (Å²) in [7, 11) is 0. The van der Waals surface area contributed by atoms with Gasteiger partial charge in [-0.15, -0.1) is 11.3 Å². The summed E-state index contributed by atoms with van der Waals surface area (Å²) in [4.78, 5) is 32.8. The number of hydrogen-bond acceptors (Lipinski definition) is 5. The van der Waals surface area contributed by atoms with Gasteiger partial charge < -0.3 is 10.2 Å². The van der Waals surface area contributed by atoms with Crippen LogP contribution in [0.2, 0.25) is 0 Å². The van der Waals surface area contributed by atoms with Crippen molar-refractivity contribution in [2.75, 3.05) is 19.6 Å². The molecule has 146 valence electrons. The van der Waals surface area contributed by atoms with Gasteiger partial charge in [-0.3, -0.25) is 14.2 Å². The number of benzene rings is 1. The molecule has 1 fully saturated rings. The number of nitrogens with one attached hydrogen (secondary N) is 1. The van der Waals surface area contributed by atoms with E-state index in [9.17, 15) is 9.59 Å². The summed E-state index contributed by atoms with van der Waals surface area (Å²) in [6, 6.07) is 8.33. The maximum absolute atomic E-state index is 13.1. The van der Waals surface area contributed by atoms with Crippen LogP contribution in [0, 0.1) is 6.92 Å². The average Bonchev–Trinajstić information content (AvgIpc) is 3.13. The Morgan fingerprint density at radius 2 is 2.11 bits per heavy atom. The Morgan fingerprint density at radius 1 is 1.32 bits per heavy atom. The quantitative estimate of drug-likeness (QED) is 0.736. The van der Waals surface area contributed by atoms with Crippen molar-refractivity contribution in [1.82, 2.24) is 19.8 Å². The van der Waals surface area contributed by atoms with E-state index in [2.05, 4.69) is 10.3 Å². The SMILES string of the molecule is Cc1ccc(-c2csc3ncn(CCC(=O)N4CCNCC4C)c(=O)c23)cc1. The van der Waals surface area contributed by atoms with Gasteiger partial charge in [-0.25, -0.2) is 4.98 Å². The zero-order chi connectivity index (χ0) is 19.7. The largest absolute Gasteiger partial charge is 0.337 e. The van der Waals surface area contributed by atoms with E-state index in [-0.39, 0.29) is 17.5 Å². The molecule has 1 unspecified atom stereocenters. The van der Waals surface area contributed by atoms with Crippen molar-refractivity contribution in [2.45, 2.75) is 32.9 Å². The van der Waals surface area contributed by atoms with E-state index in [4.69, 9.17) is 0 Å². The molecule has 1 atom stereocenters. The molecule has 28 heavy (non-hydrogen) atoms. The highest BCUT2D eigenvalue weighted by Crippen LogP contribution is 2.30. The van der Waals surface area contributed by atoms with Crippen molar-refractivity contribution in [3.05, 3.63) is 51.9 Å². The Labute approximate surface area is 167 Å². The molecule has 0 aliphatic carbocycles. The van der Waals surface area contributed by atoms with Crippen molar-refractivity contribution in [1.29, 1.82) is 0 Å². The molecule has 1 aliphatic rings. The standard InChI is InChI=1S/C21H24N4O2S/c1-14-3-5-16(6-4-14)17-12-28-20-19(17)21(27)24(13-23-20)9-7-18(26)25-10-8-22-11-15(25)2/h3-6,12-13,15,22H,7-11H2,1-2H3. The zero-order valence-corrected chi connectivity index (χ0v) is 17.0. The summed E-state index contributed by atoms with van der Waals surface area (Å²) in [5.74, 6) is 0.0880. The molecule has 3 heterocycles. The molecule has 0 spiro atoms. The summed E-state index contributed by atoms with van der Waals surface area (Å²) in [6.07, 6.45) is 1.87. The molecule has 6 nitrogen and oxygen atoms in total. The second-order valence-electron chi connectivity index (χ2n) is 7.33. The third-order valence-electron chi connectivity index (χ3n) is 5.31. The number of thiophene rings is 1. The van der Waals surface area contributed by atoms with Gasteiger partial charge in [0.2, 0.25) is 5.91 Å². The minimum absolute atomic E-state index is 0.0806. The van der Waals surface area contributed by atoms with Crippen LogP contribution in [0.4, 0.5) is 0 Å². The van der Waals surface area contributed by atoms with Gasteiger partial charge in [0.1, 0.15) is 4.83 Å². The van der Waals surface area contributed by atoms with Crippen LogP contribution in [0.25, 0.3) is 21.3 Å². The van der Waals surface area contributed by atoms with E-state index < -0.39 is 0 Å². The van der Waals surface area contributed by atoms with Gasteiger partial charge in [0.15, 0.2) is 0 Å². The number of piperazine rings is 1. The second kappa shape index (κ2) is 7.85. The van der Waals surface area contributed by atoms with Gasteiger partial charge in [-0.05, 0) is 19.4 Å². The Morgan fingerprint density at radius 3 is 2.86 bits per heavy atom. The predicted molar refractivity (Wildman–Crippen MR) is 113 cm³/mol. The normalized spacial score (nSPS) is 17.2. The smallest absolute Gasteiger partial charge is 0.262 e. The molecule has 4 rings (SSSR count). The lowest BCUT2D eigenvalue weighted by atomic mass is 10.1. The van der Waals surface area contributed by atoms with Crippen molar-refractivity contribution in [3.63, 3.8) is 0 Å². The van der Waals surface area contributed by atoms with Crippen LogP contribution in [-0.2, 0) is 11.3 Å². The highest BCUT2D eigenvalue weighted by molar-refractivity contribution is 7.17. The first kappa shape index (κ1) is 18.8. The second-order valence-corrected chi connectivity index (χ2v) is 8.19. The number of hydrogen-bond donors (Lipinski definition) is 1. The van der Waals surface area contributed by atoms with Crippen LogP contribution < -0.4 is 10.9 Å². The van der Waals surface area contributed by atoms with Crippen LogP contribution in [0.15, 0.2) is 40.8 Å². The first-order valence-corrected chi connectivity index (χ1v) is 10.5. The minimum atomic E-state index is -0.0806. The maximum Gasteiger partial charge on any atom is 0.262 e. The molecule has 1 aromatic carbocycles. The van der Waals surface area contributed by atoms with Crippen molar-refractivity contribution in [2.24, 2.45) is 0 Å². The highest BCUT2D eigenvalue weighted by Gasteiger charge is 2.23. The summed E-state index contributed by atoms with van der Waals surface area (Å²) in [5.41, 5.74) is 3.02. The van der Waals surface area contributed by atoms with E-state index >= 15 is 0 Å². The molecule has 0 bridgehead atoms. The third kappa shape index (κ3) is 3.59. The van der Waals surface area contributed by atoms with E-state index in [1.165, 1.54) is 16.9 Å². The van der Waals surface area contributed by atoms with Gasteiger partial charge in [-0.2, -0.15) is 0 Å². The Balaban J connectivity index is 1.59. The molecule has 0 saturated carbocycles. The van der Waals surface area contributed by atoms with Crippen molar-refractivity contribution < 1.29 is 4.79 Å². The lowest BCUT2D eigenvalue weighted by Crippen LogP contribution is -2.52. The topological polar surface area (TPSA) is 67.2 Å². The minimum Gasteiger partial charge on any atom is -0.337 e. The molecule has 1 saturated heterocycles. The van der Waals surface area contributed by atoms with Crippen LogP contribution in [0.3, 0.4) is 0 Å². The van der Waals surface area contributed by atoms with E-state index in [1.54, 1.807) is 10.9 Å². The average molecular weight is 397 g/mol. The van der Waals surface area contributed by atoms with Crippen LogP contribution in [0.1, 0.15) is 18.9 Å². The Hall–Kier alpha value is -2.51. The Kier molecular flexibility index (Phi) is 5.28. The number of nitrogens with zero attached hydrogens (tertiary/aromatic N) is 3. The molecule has 2 aromatic heterocycles. The molecule has 1 N–H and O–H groups in total. The van der Waals surface area contributed by atoms with Gasteiger partial charge in [-0.1, -0.05) is 29.8 Å². The van der Waals surface area contributed by atoms with Crippen LogP contribution in [0.5, 0.6) is 0 Å². The number of carbonyl (C=O) groups is 1. The lowest BCUT2D eigenvalue weighted by molar-refractivity contribution is -0.134. The third-order valence-corrected chi connectivity index (χ3v) is 6.20. The number of fused-ring (bicyclic) bond motifs is 1. The summed E-state index contributed by atoms with van der Waals surface area (Å²) < 4.78 is 1.57. The highest BCUT2D eigenvalue weighted by atomic mass is 32.1. The van der Waals surface area contributed by atoms with Crippen LogP contribution >= 0.6 is 11.3 Å². The molecule has 7 heteroatoms. The van der Waals surface area contributed by atoms with Crippen molar-refractivity contribution in [3.8, 4) is 11.1 Å². The molecular formula is C21H24N4O2S. The maximum atomic E-state index is 13.1. The van der Waals surface area contributed by atoms with Gasteiger partial charge in [0.25, 0.3) is 5.56 Å². The fourth-order valence-electron chi connectivity index (χ4n) is 3.64. The molecule has 0 radical (unpaired) electrons. The van der Waals surface area contributed by atoms with Gasteiger partial charge >= 0.3 is 0 Å². The number of aromatic nitrogens is 2. The number of carbonyl (C=O) groups excluding carboxylic acids is 1. The number of rotatable bonds is 4. The number of amides is 1. The van der Waals surface area contributed by atoms with E-state index in [1.807, 2.05) is 48.4 Å². The number of aryl methyl sites for hydroxylation is 2. The monoisotopic (exact) mass is 396 g/mol.